The van der Waals surface area contributed by atoms with Crippen LogP contribution in [0.4, 0.5) is 4.79 Å². The third-order valence-corrected chi connectivity index (χ3v) is 3.15. The first kappa shape index (κ1) is 12.6. The molecule has 2 rings (SSSR count). The number of hydrogen-bond acceptors (Lipinski definition) is 4. The Balaban J connectivity index is 1.84. The Morgan fingerprint density at radius 1 is 1.35 bits per heavy atom. The molecule has 0 bridgehead atoms. The normalized spacial score (nSPS) is 24.1. The monoisotopic (exact) mass is 242 g/mol. The van der Waals surface area contributed by atoms with Gasteiger partial charge in [-0.25, -0.2) is 4.79 Å². The van der Waals surface area contributed by atoms with Gasteiger partial charge in [-0.05, 0) is 20.8 Å². The first-order chi connectivity index (χ1) is 7.90. The van der Waals surface area contributed by atoms with Crippen molar-refractivity contribution in [1.29, 1.82) is 0 Å². The van der Waals surface area contributed by atoms with Crippen molar-refractivity contribution in [3.8, 4) is 0 Å². The van der Waals surface area contributed by atoms with E-state index in [-0.39, 0.29) is 11.8 Å². The summed E-state index contributed by atoms with van der Waals surface area (Å²) in [6, 6.07) is 0. The average molecular weight is 242 g/mol. The minimum atomic E-state index is -0.422. The molecule has 2 fully saturated rings. The SMILES string of the molecule is CC(C)(C)OC(=O)N1CCC2(CC1)NCCO2. The smallest absolute Gasteiger partial charge is 0.410 e. The molecule has 2 aliphatic heterocycles. The van der Waals surface area contributed by atoms with Gasteiger partial charge in [0.25, 0.3) is 0 Å². The summed E-state index contributed by atoms with van der Waals surface area (Å²) in [6.07, 6.45) is 1.46. The second-order valence-electron chi connectivity index (χ2n) is 5.74. The van der Waals surface area contributed by atoms with Crippen LogP contribution in [-0.4, -0.2) is 48.6 Å². The first-order valence-electron chi connectivity index (χ1n) is 6.27. The maximum Gasteiger partial charge on any atom is 0.410 e. The minimum Gasteiger partial charge on any atom is -0.444 e. The van der Waals surface area contributed by atoms with Crippen molar-refractivity contribution < 1.29 is 14.3 Å². The number of amides is 1. The Kier molecular flexibility index (Phi) is 3.32. The van der Waals surface area contributed by atoms with Crippen LogP contribution in [0.1, 0.15) is 33.6 Å². The van der Waals surface area contributed by atoms with Crippen molar-refractivity contribution in [2.75, 3.05) is 26.2 Å². The molecule has 17 heavy (non-hydrogen) atoms. The highest BCUT2D eigenvalue weighted by atomic mass is 16.6. The lowest BCUT2D eigenvalue weighted by Gasteiger charge is -2.38. The van der Waals surface area contributed by atoms with Crippen LogP contribution in [0.3, 0.4) is 0 Å². The molecule has 0 aromatic carbocycles. The number of nitrogens with one attached hydrogen (secondary N) is 1. The van der Waals surface area contributed by atoms with Gasteiger partial charge in [-0.2, -0.15) is 0 Å². The predicted molar refractivity (Wildman–Crippen MR) is 63.7 cm³/mol. The second kappa shape index (κ2) is 4.46. The lowest BCUT2D eigenvalue weighted by atomic mass is 10.0. The molecule has 2 heterocycles. The maximum atomic E-state index is 11.9. The maximum absolute atomic E-state index is 11.9. The number of nitrogens with zero attached hydrogens (tertiary/aromatic N) is 1. The van der Waals surface area contributed by atoms with E-state index in [1.165, 1.54) is 0 Å². The van der Waals surface area contributed by atoms with Crippen molar-refractivity contribution in [2.24, 2.45) is 0 Å². The van der Waals surface area contributed by atoms with Gasteiger partial charge in [-0.3, -0.25) is 5.32 Å². The van der Waals surface area contributed by atoms with Gasteiger partial charge in [0, 0.05) is 32.5 Å². The molecule has 1 spiro atoms. The zero-order chi connectivity index (χ0) is 12.5. The van der Waals surface area contributed by atoms with Gasteiger partial charge >= 0.3 is 6.09 Å². The van der Waals surface area contributed by atoms with Crippen LogP contribution in [0.2, 0.25) is 0 Å². The summed E-state index contributed by atoms with van der Waals surface area (Å²) in [5, 5.41) is 3.38. The van der Waals surface area contributed by atoms with Crippen LogP contribution in [0, 0.1) is 0 Å². The molecule has 2 saturated heterocycles. The summed E-state index contributed by atoms with van der Waals surface area (Å²) in [5.74, 6) is 0. The molecule has 5 nitrogen and oxygen atoms in total. The standard InChI is InChI=1S/C12H22N2O3/c1-11(2,3)17-10(15)14-7-4-12(5-8-14)13-6-9-16-12/h13H,4-9H2,1-3H3. The third kappa shape index (κ3) is 3.10. The van der Waals surface area contributed by atoms with Gasteiger partial charge in [-0.15, -0.1) is 0 Å². The van der Waals surface area contributed by atoms with Crippen molar-refractivity contribution in [2.45, 2.75) is 44.9 Å². The van der Waals surface area contributed by atoms with Gasteiger partial charge in [0.05, 0.1) is 6.61 Å². The van der Waals surface area contributed by atoms with Crippen LogP contribution >= 0.6 is 0 Å². The molecule has 0 radical (unpaired) electrons. The van der Waals surface area contributed by atoms with Crippen molar-refractivity contribution in [3.05, 3.63) is 0 Å². The largest absolute Gasteiger partial charge is 0.444 e. The van der Waals surface area contributed by atoms with E-state index in [0.29, 0.717) is 13.1 Å². The lowest BCUT2D eigenvalue weighted by Crippen LogP contribution is -2.53. The van der Waals surface area contributed by atoms with E-state index in [1.54, 1.807) is 4.90 Å². The van der Waals surface area contributed by atoms with Crippen molar-refractivity contribution in [1.82, 2.24) is 10.2 Å². The van der Waals surface area contributed by atoms with E-state index in [4.69, 9.17) is 9.47 Å². The molecule has 0 aliphatic carbocycles. The molecule has 1 amide bonds. The number of likely N-dealkylation sites (tertiary alicyclic amines) is 1. The number of ether oxygens (including phenoxy) is 2. The van der Waals surface area contributed by atoms with Crippen LogP contribution in [0.5, 0.6) is 0 Å². The molecular weight excluding hydrogens is 220 g/mol. The van der Waals surface area contributed by atoms with Gasteiger partial charge < -0.3 is 14.4 Å². The number of piperidine rings is 1. The summed E-state index contributed by atoms with van der Waals surface area (Å²) in [6.45, 7) is 8.73. The first-order valence-corrected chi connectivity index (χ1v) is 6.27. The topological polar surface area (TPSA) is 50.8 Å². The Bertz CT molecular complexity index is 283. The quantitative estimate of drug-likeness (QED) is 0.696. The molecule has 0 saturated carbocycles. The second-order valence-corrected chi connectivity index (χ2v) is 5.74. The third-order valence-electron chi connectivity index (χ3n) is 3.15. The molecule has 98 valence electrons. The van der Waals surface area contributed by atoms with Crippen LogP contribution in [0.15, 0.2) is 0 Å². The van der Waals surface area contributed by atoms with E-state index < -0.39 is 5.60 Å². The van der Waals surface area contributed by atoms with Gasteiger partial charge in [-0.1, -0.05) is 0 Å². The molecule has 2 aliphatic rings. The number of carbonyl (C=O) groups excluding carboxylic acids is 1. The van der Waals surface area contributed by atoms with Crippen molar-refractivity contribution in [3.63, 3.8) is 0 Å². The van der Waals surface area contributed by atoms with Crippen LogP contribution in [-0.2, 0) is 9.47 Å². The fraction of sp³-hybridized carbons (Fsp3) is 0.917. The van der Waals surface area contributed by atoms with Crippen LogP contribution < -0.4 is 5.32 Å². The average Bonchev–Trinajstić information content (AvgIpc) is 2.65. The Morgan fingerprint density at radius 3 is 2.47 bits per heavy atom. The fourth-order valence-electron chi connectivity index (χ4n) is 2.27. The molecule has 1 N–H and O–H groups in total. The number of rotatable bonds is 0. The highest BCUT2D eigenvalue weighted by molar-refractivity contribution is 5.68. The molecule has 0 unspecified atom stereocenters. The summed E-state index contributed by atoms with van der Waals surface area (Å²) < 4.78 is 11.1. The van der Waals surface area contributed by atoms with E-state index in [1.807, 2.05) is 20.8 Å². The summed E-state index contributed by atoms with van der Waals surface area (Å²) in [7, 11) is 0. The van der Waals surface area contributed by atoms with E-state index in [2.05, 4.69) is 5.32 Å². The molecule has 0 aromatic heterocycles. The van der Waals surface area contributed by atoms with E-state index in [0.717, 1.165) is 26.0 Å². The summed E-state index contributed by atoms with van der Waals surface area (Å²) in [4.78, 5) is 13.6. The highest BCUT2D eigenvalue weighted by Crippen LogP contribution is 2.27. The Labute approximate surface area is 102 Å². The predicted octanol–water partition coefficient (Wildman–Crippen LogP) is 1.33. The lowest BCUT2D eigenvalue weighted by molar-refractivity contribution is -0.0595. The Morgan fingerprint density at radius 2 is 2.00 bits per heavy atom. The minimum absolute atomic E-state index is 0.182. The zero-order valence-electron chi connectivity index (χ0n) is 10.9. The summed E-state index contributed by atoms with van der Waals surface area (Å²) in [5.41, 5.74) is -0.604. The van der Waals surface area contributed by atoms with Crippen LogP contribution in [0.25, 0.3) is 0 Å². The molecule has 5 heteroatoms. The van der Waals surface area contributed by atoms with E-state index in [9.17, 15) is 4.79 Å². The summed E-state index contributed by atoms with van der Waals surface area (Å²) >= 11 is 0. The fourth-order valence-corrected chi connectivity index (χ4v) is 2.27. The molecule has 0 aromatic rings. The number of carbonyl (C=O) groups is 1. The van der Waals surface area contributed by atoms with Gasteiger partial charge in [0.1, 0.15) is 11.3 Å². The molecular formula is C12H22N2O3. The zero-order valence-corrected chi connectivity index (χ0v) is 10.9. The van der Waals surface area contributed by atoms with Gasteiger partial charge in [0.15, 0.2) is 0 Å². The highest BCUT2D eigenvalue weighted by Gasteiger charge is 2.39. The van der Waals surface area contributed by atoms with Gasteiger partial charge in [0.2, 0.25) is 0 Å². The molecule has 0 atom stereocenters. The number of hydrogen-bond donors (Lipinski definition) is 1. The van der Waals surface area contributed by atoms with E-state index >= 15 is 0 Å². The van der Waals surface area contributed by atoms with Crippen molar-refractivity contribution >= 4 is 6.09 Å². The Hall–Kier alpha value is -0.810.